The Labute approximate surface area is 357 Å². The van der Waals surface area contributed by atoms with Crippen LogP contribution in [0.1, 0.15) is 196 Å². The summed E-state index contributed by atoms with van der Waals surface area (Å²) in [4.78, 5) is 60.9. The fraction of sp³-hybridized carbons (Fsp3) is 0.909. The molecule has 59 heavy (non-hydrogen) atoms. The molecule has 14 nitrogen and oxygen atoms in total. The van der Waals surface area contributed by atoms with Gasteiger partial charge in [0.2, 0.25) is 0 Å². The van der Waals surface area contributed by atoms with Crippen LogP contribution in [0, 0.1) is 11.8 Å². The van der Waals surface area contributed by atoms with Crippen molar-refractivity contribution >= 4 is 31.7 Å². The first-order valence-corrected chi connectivity index (χ1v) is 24.5. The maximum atomic E-state index is 13.0. The Bertz CT molecular complexity index is 1140. The molecule has 0 heterocycles. The van der Waals surface area contributed by atoms with Crippen molar-refractivity contribution in [3.05, 3.63) is 0 Å². The quantitative estimate of drug-likeness (QED) is 0.0227. The van der Waals surface area contributed by atoms with Gasteiger partial charge in [0.25, 0.3) is 0 Å². The summed E-state index contributed by atoms with van der Waals surface area (Å²) in [5, 5.41) is 0. The standard InChI is InChI=1S/C44H85N2O12P/c1-7-9-11-13-15-17-19-21-23-25-27-29-39(47)53-31-37(57-40(48)30-28-26-24-22-20-18-16-14-12-10-8-2)33-55-59(51,52)56-34-38(58-44(50)42(46)36(5)6)32-54-43(49)41(45)35(3)4/h35-38,41-42H,7-34,45-46H2,1-6H3,(H,51,52). The Balaban J connectivity index is 5.19. The van der Waals surface area contributed by atoms with E-state index in [1.54, 1.807) is 27.7 Å². The van der Waals surface area contributed by atoms with Crippen LogP contribution in [0.5, 0.6) is 0 Å². The van der Waals surface area contributed by atoms with Crippen LogP contribution in [0.15, 0.2) is 0 Å². The monoisotopic (exact) mass is 865 g/mol. The number of hydrogen-bond acceptors (Lipinski definition) is 13. The highest BCUT2D eigenvalue weighted by Crippen LogP contribution is 2.43. The number of phosphoric acid groups is 1. The highest BCUT2D eigenvalue weighted by atomic mass is 31.2. The van der Waals surface area contributed by atoms with Crippen molar-refractivity contribution in [3.8, 4) is 0 Å². The second kappa shape index (κ2) is 36.6. The maximum absolute atomic E-state index is 13.0. The molecule has 5 N–H and O–H groups in total. The van der Waals surface area contributed by atoms with Crippen LogP contribution in [0.4, 0.5) is 0 Å². The van der Waals surface area contributed by atoms with E-state index in [0.717, 1.165) is 38.5 Å². The van der Waals surface area contributed by atoms with Gasteiger partial charge in [0.15, 0.2) is 12.2 Å². The molecule has 0 amide bonds. The highest BCUT2D eigenvalue weighted by molar-refractivity contribution is 7.47. The van der Waals surface area contributed by atoms with E-state index in [1.165, 1.54) is 89.9 Å². The predicted molar refractivity (Wildman–Crippen MR) is 231 cm³/mol. The van der Waals surface area contributed by atoms with Crippen molar-refractivity contribution in [2.45, 2.75) is 220 Å². The third-order valence-electron chi connectivity index (χ3n) is 10.2. The first-order chi connectivity index (χ1) is 28.1. The number of carbonyl (C=O) groups is 4. The summed E-state index contributed by atoms with van der Waals surface area (Å²) in [6.45, 7) is 9.10. The van der Waals surface area contributed by atoms with E-state index in [1.807, 2.05) is 0 Å². The van der Waals surface area contributed by atoms with Gasteiger partial charge >= 0.3 is 31.7 Å². The van der Waals surface area contributed by atoms with Gasteiger partial charge in [-0.1, -0.05) is 170 Å². The van der Waals surface area contributed by atoms with Crippen molar-refractivity contribution < 1.29 is 56.6 Å². The first kappa shape index (κ1) is 56.9. The molecule has 0 aliphatic rings. The molecule has 0 bridgehead atoms. The summed E-state index contributed by atoms with van der Waals surface area (Å²) < 4.78 is 44.8. The first-order valence-electron chi connectivity index (χ1n) is 23.0. The van der Waals surface area contributed by atoms with E-state index >= 15 is 0 Å². The lowest BCUT2D eigenvalue weighted by molar-refractivity contribution is -0.164. The van der Waals surface area contributed by atoms with Gasteiger partial charge in [-0.2, -0.15) is 0 Å². The molecule has 0 fully saturated rings. The summed E-state index contributed by atoms with van der Waals surface area (Å²) in [7, 11) is -4.87. The van der Waals surface area contributed by atoms with Crippen LogP contribution in [0.3, 0.4) is 0 Å². The molecular weight excluding hydrogens is 779 g/mol. The number of phosphoric ester groups is 1. The Kier molecular flexibility index (Phi) is 35.3. The van der Waals surface area contributed by atoms with Gasteiger partial charge in [-0.15, -0.1) is 0 Å². The summed E-state index contributed by atoms with van der Waals surface area (Å²) in [6.07, 6.45) is 22.8. The number of unbranched alkanes of at least 4 members (excludes halogenated alkanes) is 20. The minimum absolute atomic E-state index is 0.137. The molecule has 0 aliphatic heterocycles. The number of esters is 4. The van der Waals surface area contributed by atoms with Gasteiger partial charge < -0.3 is 35.3 Å². The normalized spacial score (nSPS) is 14.7. The van der Waals surface area contributed by atoms with E-state index in [4.69, 9.17) is 39.5 Å². The molecule has 348 valence electrons. The second-order valence-electron chi connectivity index (χ2n) is 16.7. The predicted octanol–water partition coefficient (Wildman–Crippen LogP) is 9.40. The molecule has 15 heteroatoms. The minimum Gasteiger partial charge on any atom is -0.462 e. The molecular formula is C44H85N2O12P. The molecule has 0 saturated carbocycles. The Hall–Kier alpha value is -2.09. The van der Waals surface area contributed by atoms with Crippen molar-refractivity contribution in [3.63, 3.8) is 0 Å². The van der Waals surface area contributed by atoms with Crippen LogP contribution >= 0.6 is 7.82 Å². The zero-order valence-corrected chi connectivity index (χ0v) is 38.7. The minimum atomic E-state index is -4.87. The molecule has 0 saturated heterocycles. The van der Waals surface area contributed by atoms with E-state index in [-0.39, 0.29) is 31.3 Å². The molecule has 0 aromatic carbocycles. The topological polar surface area (TPSA) is 213 Å². The highest BCUT2D eigenvalue weighted by Gasteiger charge is 2.31. The average molecular weight is 865 g/mol. The average Bonchev–Trinajstić information content (AvgIpc) is 3.20. The third-order valence-corrected chi connectivity index (χ3v) is 11.2. The lowest BCUT2D eigenvalue weighted by Crippen LogP contribution is -2.42. The number of ether oxygens (including phenoxy) is 4. The summed E-state index contributed by atoms with van der Waals surface area (Å²) in [5.41, 5.74) is 11.8. The van der Waals surface area contributed by atoms with Gasteiger partial charge in [-0.05, 0) is 24.7 Å². The molecule has 0 radical (unpaired) electrons. The largest absolute Gasteiger partial charge is 0.472 e. The lowest BCUT2D eigenvalue weighted by Gasteiger charge is -2.24. The summed E-state index contributed by atoms with van der Waals surface area (Å²) in [5.74, 6) is -3.10. The second-order valence-corrected chi connectivity index (χ2v) is 18.1. The summed E-state index contributed by atoms with van der Waals surface area (Å²) in [6, 6.07) is -1.96. The molecule has 0 aromatic heterocycles. The molecule has 0 rings (SSSR count). The van der Waals surface area contributed by atoms with Gasteiger partial charge in [-0.25, -0.2) is 4.57 Å². The van der Waals surface area contributed by atoms with E-state index in [0.29, 0.717) is 12.8 Å². The smallest absolute Gasteiger partial charge is 0.462 e. The van der Waals surface area contributed by atoms with Crippen molar-refractivity contribution in [1.29, 1.82) is 0 Å². The lowest BCUT2D eigenvalue weighted by atomic mass is 10.1. The van der Waals surface area contributed by atoms with Crippen molar-refractivity contribution in [1.82, 2.24) is 0 Å². The number of rotatable bonds is 40. The fourth-order valence-electron chi connectivity index (χ4n) is 6.05. The maximum Gasteiger partial charge on any atom is 0.472 e. The van der Waals surface area contributed by atoms with Crippen LogP contribution in [0.2, 0.25) is 0 Å². The van der Waals surface area contributed by atoms with Gasteiger partial charge in [0.05, 0.1) is 13.2 Å². The third kappa shape index (κ3) is 33.2. The molecule has 0 spiro atoms. The molecule has 5 unspecified atom stereocenters. The Morgan fingerprint density at radius 2 is 0.814 bits per heavy atom. The number of carbonyl (C=O) groups excluding carboxylic acids is 4. The van der Waals surface area contributed by atoms with E-state index in [9.17, 15) is 28.6 Å². The van der Waals surface area contributed by atoms with Crippen molar-refractivity contribution in [2.75, 3.05) is 26.4 Å². The van der Waals surface area contributed by atoms with E-state index in [2.05, 4.69) is 13.8 Å². The van der Waals surface area contributed by atoms with Crippen LogP contribution in [0.25, 0.3) is 0 Å². The van der Waals surface area contributed by atoms with E-state index < -0.39 is 75.8 Å². The molecule has 0 aliphatic carbocycles. The van der Waals surface area contributed by atoms with Gasteiger partial charge in [0, 0.05) is 12.8 Å². The Morgan fingerprint density at radius 3 is 1.22 bits per heavy atom. The van der Waals surface area contributed by atoms with Crippen LogP contribution < -0.4 is 11.5 Å². The zero-order chi connectivity index (χ0) is 44.3. The fourth-order valence-corrected chi connectivity index (χ4v) is 6.84. The number of hydrogen-bond donors (Lipinski definition) is 3. The van der Waals surface area contributed by atoms with Gasteiger partial charge in [0.1, 0.15) is 25.3 Å². The SMILES string of the molecule is CCCCCCCCCCCCCC(=O)OCC(COP(=O)(O)OCC(COC(=O)C(N)C(C)C)OC(=O)C(N)C(C)C)OC(=O)CCCCCCCCCCCCC. The van der Waals surface area contributed by atoms with Crippen molar-refractivity contribution in [2.24, 2.45) is 23.3 Å². The number of nitrogens with two attached hydrogens (primary N) is 2. The Morgan fingerprint density at radius 1 is 0.475 bits per heavy atom. The van der Waals surface area contributed by atoms with Crippen LogP contribution in [-0.2, 0) is 51.7 Å². The van der Waals surface area contributed by atoms with Gasteiger partial charge in [-0.3, -0.25) is 28.2 Å². The molecule has 5 atom stereocenters. The zero-order valence-electron chi connectivity index (χ0n) is 37.8. The van der Waals surface area contributed by atoms with Crippen LogP contribution in [-0.4, -0.2) is 79.5 Å². The molecule has 0 aromatic rings. The summed E-state index contributed by atoms with van der Waals surface area (Å²) >= 11 is 0.